The summed E-state index contributed by atoms with van der Waals surface area (Å²) in [5.74, 6) is 1.29. The summed E-state index contributed by atoms with van der Waals surface area (Å²) in [5, 5.41) is 0. The van der Waals surface area contributed by atoms with Crippen molar-refractivity contribution < 1.29 is 9.47 Å². The van der Waals surface area contributed by atoms with Crippen molar-refractivity contribution in [3.63, 3.8) is 0 Å². The Hall–Kier alpha value is -2.04. The molecule has 0 bridgehead atoms. The molecule has 1 rings (SSSR count). The number of allylic oxidation sites excluding steroid dienone is 2. The van der Waals surface area contributed by atoms with Crippen LogP contribution in [0.2, 0.25) is 0 Å². The van der Waals surface area contributed by atoms with Crippen molar-refractivity contribution in [3.05, 3.63) is 54.6 Å². The molecule has 19 heavy (non-hydrogen) atoms. The lowest BCUT2D eigenvalue weighted by Gasteiger charge is -2.16. The summed E-state index contributed by atoms with van der Waals surface area (Å²) in [6, 6.07) is 5.52. The van der Waals surface area contributed by atoms with Gasteiger partial charge in [-0.05, 0) is 28.8 Å². The minimum absolute atomic E-state index is 0.612. The summed E-state index contributed by atoms with van der Waals surface area (Å²) in [5.41, 5.74) is 13.8. The number of nitrogens with two attached hydrogens (primary N) is 2. The van der Waals surface area contributed by atoms with Crippen molar-refractivity contribution in [2.45, 2.75) is 6.17 Å². The third kappa shape index (κ3) is 3.47. The Morgan fingerprint density at radius 3 is 2.32 bits per heavy atom. The molecule has 1 aromatic rings. The van der Waals surface area contributed by atoms with Crippen LogP contribution in [0.25, 0.3) is 5.57 Å². The first-order chi connectivity index (χ1) is 9.04. The van der Waals surface area contributed by atoms with Crippen LogP contribution in [0, 0.1) is 0 Å². The van der Waals surface area contributed by atoms with Gasteiger partial charge < -0.3 is 20.9 Å². The molecule has 0 radical (unpaired) electrons. The topological polar surface area (TPSA) is 70.5 Å². The van der Waals surface area contributed by atoms with Crippen LogP contribution in [-0.4, -0.2) is 20.4 Å². The molecule has 4 heteroatoms. The molecule has 0 aliphatic carbocycles. The standard InChI is InChI=1S/C15H20N2O2/c1-5-6-12(15(16)17)10(2)11-7-8-13(18-3)14(9-11)19-4/h5-9,15H,1-2,16-17H2,3-4H3/b12-6-. The van der Waals surface area contributed by atoms with Crippen LogP contribution in [-0.2, 0) is 0 Å². The van der Waals surface area contributed by atoms with Crippen molar-refractivity contribution in [1.82, 2.24) is 0 Å². The monoisotopic (exact) mass is 260 g/mol. The van der Waals surface area contributed by atoms with Crippen LogP contribution in [0.5, 0.6) is 11.5 Å². The Morgan fingerprint density at radius 1 is 1.21 bits per heavy atom. The molecular formula is C15H20N2O2. The largest absolute Gasteiger partial charge is 0.493 e. The van der Waals surface area contributed by atoms with Gasteiger partial charge in [0.25, 0.3) is 0 Å². The van der Waals surface area contributed by atoms with Gasteiger partial charge in [0.1, 0.15) is 0 Å². The quantitative estimate of drug-likeness (QED) is 0.607. The fourth-order valence-electron chi connectivity index (χ4n) is 1.73. The van der Waals surface area contributed by atoms with Crippen LogP contribution < -0.4 is 20.9 Å². The number of hydrogen-bond acceptors (Lipinski definition) is 4. The first-order valence-electron chi connectivity index (χ1n) is 5.80. The highest BCUT2D eigenvalue weighted by atomic mass is 16.5. The molecule has 0 aliphatic heterocycles. The third-order valence-corrected chi connectivity index (χ3v) is 2.74. The zero-order valence-corrected chi connectivity index (χ0v) is 11.3. The van der Waals surface area contributed by atoms with Crippen LogP contribution >= 0.6 is 0 Å². The molecule has 1 aromatic carbocycles. The minimum Gasteiger partial charge on any atom is -0.493 e. The maximum Gasteiger partial charge on any atom is 0.161 e. The van der Waals surface area contributed by atoms with Crippen LogP contribution in [0.4, 0.5) is 0 Å². The SMILES string of the molecule is C=C/C=C(/C(=C)c1ccc(OC)c(OC)c1)C(N)N. The molecule has 0 fully saturated rings. The molecule has 0 unspecified atom stereocenters. The smallest absolute Gasteiger partial charge is 0.161 e. The van der Waals surface area contributed by atoms with Gasteiger partial charge in [0.15, 0.2) is 11.5 Å². The van der Waals surface area contributed by atoms with Gasteiger partial charge in [-0.25, -0.2) is 0 Å². The van der Waals surface area contributed by atoms with Crippen molar-refractivity contribution in [2.24, 2.45) is 11.5 Å². The van der Waals surface area contributed by atoms with Crippen LogP contribution in [0.15, 0.2) is 49.1 Å². The normalized spacial score (nSPS) is 11.3. The summed E-state index contributed by atoms with van der Waals surface area (Å²) in [7, 11) is 3.17. The summed E-state index contributed by atoms with van der Waals surface area (Å²) in [6.07, 6.45) is 2.77. The van der Waals surface area contributed by atoms with Gasteiger partial charge in [-0.1, -0.05) is 31.4 Å². The number of ether oxygens (including phenoxy) is 2. The molecule has 102 valence electrons. The highest BCUT2D eigenvalue weighted by molar-refractivity contribution is 5.79. The lowest BCUT2D eigenvalue weighted by Crippen LogP contribution is -2.32. The fourth-order valence-corrected chi connectivity index (χ4v) is 1.73. The molecule has 4 nitrogen and oxygen atoms in total. The van der Waals surface area contributed by atoms with E-state index >= 15 is 0 Å². The first-order valence-corrected chi connectivity index (χ1v) is 5.80. The van der Waals surface area contributed by atoms with E-state index in [9.17, 15) is 0 Å². The van der Waals surface area contributed by atoms with E-state index in [1.54, 1.807) is 26.4 Å². The second-order valence-corrected chi connectivity index (χ2v) is 3.93. The Morgan fingerprint density at radius 2 is 1.84 bits per heavy atom. The molecule has 0 heterocycles. The Kier molecular flexibility index (Phi) is 5.36. The van der Waals surface area contributed by atoms with Crippen molar-refractivity contribution in [1.29, 1.82) is 0 Å². The van der Waals surface area contributed by atoms with Crippen LogP contribution in [0.3, 0.4) is 0 Å². The van der Waals surface area contributed by atoms with Gasteiger partial charge >= 0.3 is 0 Å². The van der Waals surface area contributed by atoms with E-state index in [0.29, 0.717) is 11.5 Å². The number of benzene rings is 1. The Bertz CT molecular complexity index is 505. The lowest BCUT2D eigenvalue weighted by atomic mass is 9.97. The predicted octanol–water partition coefficient (Wildman–Crippen LogP) is 2.07. The average molecular weight is 260 g/mol. The van der Waals surface area contributed by atoms with E-state index in [0.717, 1.165) is 16.7 Å². The van der Waals surface area contributed by atoms with Crippen molar-refractivity contribution in [3.8, 4) is 11.5 Å². The van der Waals surface area contributed by atoms with E-state index in [2.05, 4.69) is 13.2 Å². The molecular weight excluding hydrogens is 240 g/mol. The number of hydrogen-bond donors (Lipinski definition) is 2. The van der Waals surface area contributed by atoms with E-state index in [4.69, 9.17) is 20.9 Å². The molecule has 0 amide bonds. The van der Waals surface area contributed by atoms with E-state index in [1.807, 2.05) is 18.2 Å². The van der Waals surface area contributed by atoms with Gasteiger partial charge in [0.2, 0.25) is 0 Å². The lowest BCUT2D eigenvalue weighted by molar-refractivity contribution is 0.355. The Labute approximate surface area is 114 Å². The van der Waals surface area contributed by atoms with E-state index < -0.39 is 6.17 Å². The van der Waals surface area contributed by atoms with Crippen LogP contribution in [0.1, 0.15) is 5.56 Å². The molecule has 0 atom stereocenters. The number of rotatable bonds is 6. The van der Waals surface area contributed by atoms with Gasteiger partial charge in [-0.15, -0.1) is 0 Å². The van der Waals surface area contributed by atoms with E-state index in [-0.39, 0.29) is 0 Å². The minimum atomic E-state index is -0.612. The maximum atomic E-state index is 5.73. The maximum absolute atomic E-state index is 5.73. The summed E-state index contributed by atoms with van der Waals surface area (Å²) in [6.45, 7) is 7.67. The summed E-state index contributed by atoms with van der Waals surface area (Å²) < 4.78 is 10.5. The average Bonchev–Trinajstić information content (AvgIpc) is 2.42. The molecule has 4 N–H and O–H groups in total. The van der Waals surface area contributed by atoms with E-state index in [1.165, 1.54) is 0 Å². The first kappa shape index (κ1) is 15.0. The molecule has 0 aromatic heterocycles. The van der Waals surface area contributed by atoms with Gasteiger partial charge in [0, 0.05) is 0 Å². The van der Waals surface area contributed by atoms with Gasteiger partial charge in [-0.2, -0.15) is 0 Å². The second-order valence-electron chi connectivity index (χ2n) is 3.93. The number of methoxy groups -OCH3 is 2. The summed E-state index contributed by atoms with van der Waals surface area (Å²) >= 11 is 0. The predicted molar refractivity (Wildman–Crippen MR) is 79.0 cm³/mol. The zero-order chi connectivity index (χ0) is 14.4. The molecule has 0 aliphatic rings. The summed E-state index contributed by atoms with van der Waals surface area (Å²) in [4.78, 5) is 0. The van der Waals surface area contributed by atoms with Gasteiger partial charge in [-0.3, -0.25) is 0 Å². The van der Waals surface area contributed by atoms with Crippen molar-refractivity contribution in [2.75, 3.05) is 14.2 Å². The zero-order valence-electron chi connectivity index (χ0n) is 11.3. The third-order valence-electron chi connectivity index (χ3n) is 2.74. The highest BCUT2D eigenvalue weighted by Gasteiger charge is 2.12. The highest BCUT2D eigenvalue weighted by Crippen LogP contribution is 2.32. The fraction of sp³-hybridized carbons (Fsp3) is 0.200. The van der Waals surface area contributed by atoms with Crippen molar-refractivity contribution >= 4 is 5.57 Å². The molecule has 0 saturated heterocycles. The molecule has 0 saturated carbocycles. The Balaban J connectivity index is 3.19. The molecule has 0 spiro atoms. The van der Waals surface area contributed by atoms with Gasteiger partial charge in [0.05, 0.1) is 20.4 Å². The second kappa shape index (κ2) is 6.78.